The quantitative estimate of drug-likeness (QED) is 0.0313. The van der Waals surface area contributed by atoms with Crippen molar-refractivity contribution in [2.45, 2.75) is 277 Å². The van der Waals surface area contributed by atoms with Crippen molar-refractivity contribution in [3.63, 3.8) is 0 Å². The number of unbranched alkanes of at least 4 members (excludes halogenated alkanes) is 36. The fourth-order valence-electron chi connectivity index (χ4n) is 7.68. The van der Waals surface area contributed by atoms with Crippen LogP contribution in [-0.4, -0.2) is 54.3 Å². The minimum absolute atomic E-state index is 0.0889. The molecule has 10 heteroatoms. The van der Waals surface area contributed by atoms with E-state index in [2.05, 4.69) is 19.2 Å². The number of ether oxygens (including phenoxy) is 1. The van der Waals surface area contributed by atoms with E-state index in [4.69, 9.17) is 13.8 Å². The first-order chi connectivity index (χ1) is 28.8. The van der Waals surface area contributed by atoms with Gasteiger partial charge in [0.2, 0.25) is 5.91 Å². The molecule has 0 saturated carbocycles. The Hall–Kier alpha value is -0.990. The minimum atomic E-state index is -4.41. The highest BCUT2D eigenvalue weighted by molar-refractivity contribution is 7.47. The maximum absolute atomic E-state index is 12.1. The first-order valence-corrected chi connectivity index (χ1v) is 27.0. The standard InChI is InChI=1S/C49H98NO8P/c1-3-5-7-9-11-13-15-17-19-20-21-22-23-24-25-26-27-28-29-31-33-35-37-39-41-48(52)50-43-44-57-59(54,55)58-46-47(51)45-56-49(53)42-40-38-36-34-32-30-18-16-14-12-10-8-6-4-2/h47,51H,3-46H2,1-2H3,(H,50,52)(H,54,55). The number of amides is 1. The van der Waals surface area contributed by atoms with Gasteiger partial charge in [0.25, 0.3) is 0 Å². The number of carbonyl (C=O) groups is 2. The minimum Gasteiger partial charge on any atom is -0.463 e. The Balaban J connectivity index is 3.48. The molecule has 0 radical (unpaired) electrons. The number of esters is 1. The average Bonchev–Trinajstić information content (AvgIpc) is 3.22. The molecule has 2 unspecified atom stereocenters. The second-order valence-electron chi connectivity index (χ2n) is 17.5. The number of hydrogen-bond acceptors (Lipinski definition) is 7. The van der Waals surface area contributed by atoms with Crippen LogP contribution >= 0.6 is 7.82 Å². The van der Waals surface area contributed by atoms with Gasteiger partial charge in [0.1, 0.15) is 12.7 Å². The zero-order valence-electron chi connectivity index (χ0n) is 39.0. The summed E-state index contributed by atoms with van der Waals surface area (Å²) in [6.45, 7) is 3.62. The van der Waals surface area contributed by atoms with Crippen LogP contribution in [0, 0.1) is 0 Å². The molecule has 0 heterocycles. The molecule has 0 aromatic carbocycles. The third kappa shape index (κ3) is 47.9. The molecule has 59 heavy (non-hydrogen) atoms. The van der Waals surface area contributed by atoms with Gasteiger partial charge in [-0.15, -0.1) is 0 Å². The predicted octanol–water partition coefficient (Wildman–Crippen LogP) is 14.8. The van der Waals surface area contributed by atoms with Crippen molar-refractivity contribution in [3.8, 4) is 0 Å². The number of rotatable bonds is 49. The van der Waals surface area contributed by atoms with Crippen molar-refractivity contribution in [2.24, 2.45) is 0 Å². The summed E-state index contributed by atoms with van der Waals surface area (Å²) >= 11 is 0. The van der Waals surface area contributed by atoms with Crippen LogP contribution in [0.3, 0.4) is 0 Å². The molecule has 0 fully saturated rings. The maximum atomic E-state index is 12.1. The van der Waals surface area contributed by atoms with Gasteiger partial charge in [0, 0.05) is 19.4 Å². The summed E-state index contributed by atoms with van der Waals surface area (Å²) in [4.78, 5) is 34.0. The molecule has 0 saturated heterocycles. The largest absolute Gasteiger partial charge is 0.472 e. The molecule has 9 nitrogen and oxygen atoms in total. The fraction of sp³-hybridized carbons (Fsp3) is 0.959. The number of nitrogens with one attached hydrogen (secondary N) is 1. The van der Waals surface area contributed by atoms with Crippen molar-refractivity contribution < 1.29 is 37.9 Å². The van der Waals surface area contributed by atoms with Gasteiger partial charge in [-0.1, -0.05) is 245 Å². The van der Waals surface area contributed by atoms with Crippen molar-refractivity contribution in [1.29, 1.82) is 0 Å². The van der Waals surface area contributed by atoms with Gasteiger partial charge >= 0.3 is 13.8 Å². The summed E-state index contributed by atoms with van der Waals surface area (Å²) in [6.07, 6.45) is 49.1. The molecule has 2 atom stereocenters. The molecule has 0 bridgehead atoms. The van der Waals surface area contributed by atoms with Crippen LogP contribution in [0.15, 0.2) is 0 Å². The van der Waals surface area contributed by atoms with Crippen LogP contribution in [-0.2, 0) is 27.9 Å². The lowest BCUT2D eigenvalue weighted by molar-refractivity contribution is -0.147. The zero-order chi connectivity index (χ0) is 43.2. The van der Waals surface area contributed by atoms with E-state index in [-0.39, 0.29) is 25.7 Å². The number of aliphatic hydroxyl groups excluding tert-OH is 1. The van der Waals surface area contributed by atoms with Gasteiger partial charge < -0.3 is 20.1 Å². The van der Waals surface area contributed by atoms with E-state index in [0.717, 1.165) is 38.5 Å². The summed E-state index contributed by atoms with van der Waals surface area (Å²) in [7, 11) is -4.41. The van der Waals surface area contributed by atoms with Gasteiger partial charge in [-0.2, -0.15) is 0 Å². The maximum Gasteiger partial charge on any atom is 0.472 e. The van der Waals surface area contributed by atoms with Crippen molar-refractivity contribution >= 4 is 19.7 Å². The number of carbonyl (C=O) groups excluding carboxylic acids is 2. The lowest BCUT2D eigenvalue weighted by atomic mass is 10.0. The first-order valence-electron chi connectivity index (χ1n) is 25.5. The van der Waals surface area contributed by atoms with Crippen LogP contribution in [0.1, 0.15) is 271 Å². The van der Waals surface area contributed by atoms with Crippen LogP contribution < -0.4 is 5.32 Å². The molecule has 1 amide bonds. The van der Waals surface area contributed by atoms with Crippen molar-refractivity contribution in [1.82, 2.24) is 5.32 Å². The number of phosphoric ester groups is 1. The molecular formula is C49H98NO8P. The number of hydrogen-bond donors (Lipinski definition) is 3. The smallest absolute Gasteiger partial charge is 0.463 e. The second-order valence-corrected chi connectivity index (χ2v) is 19.0. The van der Waals surface area contributed by atoms with Gasteiger partial charge in [-0.05, 0) is 12.8 Å². The van der Waals surface area contributed by atoms with E-state index in [1.807, 2.05) is 0 Å². The molecule has 0 spiro atoms. The Kier molecular flexibility index (Phi) is 45.7. The zero-order valence-corrected chi connectivity index (χ0v) is 39.9. The number of phosphoric acid groups is 1. The average molecular weight is 860 g/mol. The molecule has 0 aliphatic heterocycles. The van der Waals surface area contributed by atoms with E-state index in [0.29, 0.717) is 12.8 Å². The van der Waals surface area contributed by atoms with Gasteiger partial charge in [-0.25, -0.2) is 4.57 Å². The summed E-state index contributed by atoms with van der Waals surface area (Å²) < 4.78 is 27.0. The van der Waals surface area contributed by atoms with Crippen LogP contribution in [0.5, 0.6) is 0 Å². The fourth-order valence-corrected chi connectivity index (χ4v) is 8.44. The molecule has 3 N–H and O–H groups in total. The van der Waals surface area contributed by atoms with Gasteiger partial charge in [-0.3, -0.25) is 18.6 Å². The summed E-state index contributed by atoms with van der Waals surface area (Å²) in [6, 6.07) is 0. The Morgan fingerprint density at radius 3 is 1.10 bits per heavy atom. The topological polar surface area (TPSA) is 131 Å². The molecule has 0 aromatic rings. The summed E-state index contributed by atoms with van der Waals surface area (Å²) in [5, 5.41) is 12.7. The molecular weight excluding hydrogens is 762 g/mol. The second kappa shape index (κ2) is 46.5. The van der Waals surface area contributed by atoms with E-state index in [1.54, 1.807) is 0 Å². The summed E-state index contributed by atoms with van der Waals surface area (Å²) in [5.41, 5.74) is 0. The highest BCUT2D eigenvalue weighted by Gasteiger charge is 2.23. The molecule has 0 aliphatic carbocycles. The monoisotopic (exact) mass is 860 g/mol. The van der Waals surface area contributed by atoms with E-state index in [1.165, 1.54) is 205 Å². The van der Waals surface area contributed by atoms with Crippen molar-refractivity contribution in [2.75, 3.05) is 26.4 Å². The van der Waals surface area contributed by atoms with E-state index in [9.17, 15) is 24.2 Å². The van der Waals surface area contributed by atoms with Gasteiger partial charge in [0.05, 0.1) is 13.2 Å². The third-order valence-electron chi connectivity index (χ3n) is 11.5. The van der Waals surface area contributed by atoms with Crippen molar-refractivity contribution in [3.05, 3.63) is 0 Å². The SMILES string of the molecule is CCCCCCCCCCCCCCCCCCCCCCCCCCC(=O)NCCOP(=O)(O)OCC(O)COC(=O)CCCCCCCCCCCCCCCC. The first kappa shape index (κ1) is 58.0. The Morgan fingerprint density at radius 1 is 0.458 bits per heavy atom. The predicted molar refractivity (Wildman–Crippen MR) is 248 cm³/mol. The normalized spacial score (nSPS) is 13.1. The molecule has 0 aromatic heterocycles. The van der Waals surface area contributed by atoms with Crippen LogP contribution in [0.25, 0.3) is 0 Å². The Morgan fingerprint density at radius 2 is 0.763 bits per heavy atom. The summed E-state index contributed by atoms with van der Waals surface area (Å²) in [5.74, 6) is -0.499. The molecule has 0 aliphatic rings. The molecule has 0 rings (SSSR count). The lowest BCUT2D eigenvalue weighted by Gasteiger charge is -2.15. The Labute approximate surface area is 365 Å². The lowest BCUT2D eigenvalue weighted by Crippen LogP contribution is -2.27. The van der Waals surface area contributed by atoms with Gasteiger partial charge in [0.15, 0.2) is 0 Å². The molecule has 352 valence electrons. The highest BCUT2D eigenvalue weighted by atomic mass is 31.2. The van der Waals surface area contributed by atoms with E-state index >= 15 is 0 Å². The third-order valence-corrected chi connectivity index (χ3v) is 12.5. The van der Waals surface area contributed by atoms with E-state index < -0.39 is 26.5 Å². The number of aliphatic hydroxyl groups is 1. The van der Waals surface area contributed by atoms with Crippen LogP contribution in [0.2, 0.25) is 0 Å². The highest BCUT2D eigenvalue weighted by Crippen LogP contribution is 2.42. The Bertz CT molecular complexity index is 938. The van der Waals surface area contributed by atoms with Crippen LogP contribution in [0.4, 0.5) is 0 Å².